The van der Waals surface area contributed by atoms with Crippen molar-refractivity contribution >= 4 is 11.6 Å². The normalized spacial score (nSPS) is 18.7. The smallest absolute Gasteiger partial charge is 0.193 e. The number of hydrogen-bond donors (Lipinski definition) is 2. The molecule has 3 rings (SSSR count). The molecule has 1 aliphatic heterocycles. The van der Waals surface area contributed by atoms with E-state index in [1.807, 2.05) is 18.2 Å². The molecular weight excluding hydrogens is 324 g/mol. The highest BCUT2D eigenvalue weighted by Gasteiger charge is 2.16. The second-order valence-electron chi connectivity index (χ2n) is 6.93. The van der Waals surface area contributed by atoms with Crippen LogP contribution in [-0.4, -0.2) is 36.7 Å². The summed E-state index contributed by atoms with van der Waals surface area (Å²) in [4.78, 5) is 6.90. The predicted molar refractivity (Wildman–Crippen MR) is 107 cm³/mol. The van der Waals surface area contributed by atoms with Crippen molar-refractivity contribution in [2.75, 3.05) is 25.0 Å². The van der Waals surface area contributed by atoms with Crippen LogP contribution in [0.2, 0.25) is 0 Å². The van der Waals surface area contributed by atoms with Crippen molar-refractivity contribution in [2.45, 2.75) is 33.0 Å². The van der Waals surface area contributed by atoms with Gasteiger partial charge in [0.05, 0.1) is 19.3 Å². The fraction of sp³-hybridized carbons (Fsp3) is 0.381. The molecule has 0 aromatic heterocycles. The number of nitrogens with one attached hydrogen (secondary N) is 1. The van der Waals surface area contributed by atoms with Gasteiger partial charge in [-0.05, 0) is 42.7 Å². The van der Waals surface area contributed by atoms with Crippen molar-refractivity contribution in [1.82, 2.24) is 4.90 Å². The quantitative estimate of drug-likeness (QED) is 0.641. The average Bonchev–Trinajstić information content (AvgIpc) is 2.60. The first kappa shape index (κ1) is 18.4. The van der Waals surface area contributed by atoms with Crippen LogP contribution in [0, 0.1) is 6.92 Å². The molecule has 0 radical (unpaired) electrons. The van der Waals surface area contributed by atoms with E-state index in [1.54, 1.807) is 0 Å². The maximum Gasteiger partial charge on any atom is 0.193 e. The summed E-state index contributed by atoms with van der Waals surface area (Å²) in [6, 6.07) is 16.7. The number of hydrogen-bond acceptors (Lipinski definition) is 3. The van der Waals surface area contributed by atoms with Crippen molar-refractivity contribution in [1.29, 1.82) is 0 Å². The van der Waals surface area contributed by atoms with Gasteiger partial charge in [-0.3, -0.25) is 4.90 Å². The van der Waals surface area contributed by atoms with Gasteiger partial charge in [-0.15, -0.1) is 0 Å². The zero-order valence-corrected chi connectivity index (χ0v) is 15.6. The molecule has 2 aromatic carbocycles. The summed E-state index contributed by atoms with van der Waals surface area (Å²) >= 11 is 0. The van der Waals surface area contributed by atoms with Gasteiger partial charge < -0.3 is 15.8 Å². The lowest BCUT2D eigenvalue weighted by atomic mass is 10.1. The lowest BCUT2D eigenvalue weighted by molar-refractivity contribution is -0.0212. The zero-order valence-electron chi connectivity index (χ0n) is 15.6. The number of rotatable bonds is 5. The summed E-state index contributed by atoms with van der Waals surface area (Å²) in [5.74, 6) is 0.433. The maximum absolute atomic E-state index is 6.02. The maximum atomic E-state index is 6.02. The topological polar surface area (TPSA) is 62.9 Å². The summed E-state index contributed by atoms with van der Waals surface area (Å²) in [7, 11) is 0. The molecule has 0 spiro atoms. The van der Waals surface area contributed by atoms with E-state index in [9.17, 15) is 0 Å². The van der Waals surface area contributed by atoms with E-state index >= 15 is 0 Å². The van der Waals surface area contributed by atoms with Gasteiger partial charge in [-0.1, -0.05) is 36.4 Å². The molecule has 0 amide bonds. The van der Waals surface area contributed by atoms with Crippen LogP contribution in [-0.2, 0) is 17.8 Å². The molecule has 1 unspecified atom stereocenters. The molecule has 1 heterocycles. The fourth-order valence-corrected chi connectivity index (χ4v) is 3.21. The summed E-state index contributed by atoms with van der Waals surface area (Å²) in [5, 5.41) is 3.14. The van der Waals surface area contributed by atoms with Gasteiger partial charge in [0.15, 0.2) is 5.96 Å². The van der Waals surface area contributed by atoms with E-state index in [0.29, 0.717) is 18.6 Å². The van der Waals surface area contributed by atoms with Crippen molar-refractivity contribution in [3.05, 3.63) is 65.2 Å². The standard InChI is InChI=1S/C21H28N4O/c1-16-5-3-8-20(11-16)24-21(22)23-13-18-6-4-7-19(12-18)15-25-9-10-26-17(2)14-25/h3-8,11-12,17H,9-10,13-15H2,1-2H3,(H3,22,23,24). The molecule has 0 aliphatic carbocycles. The number of aliphatic imine (C=N–C) groups is 1. The lowest BCUT2D eigenvalue weighted by Crippen LogP contribution is -2.40. The second-order valence-corrected chi connectivity index (χ2v) is 6.93. The molecular formula is C21H28N4O. The van der Waals surface area contributed by atoms with Gasteiger partial charge in [-0.2, -0.15) is 0 Å². The molecule has 1 atom stereocenters. The number of guanidine groups is 1. The highest BCUT2D eigenvalue weighted by atomic mass is 16.5. The van der Waals surface area contributed by atoms with E-state index in [0.717, 1.165) is 37.5 Å². The first-order valence-corrected chi connectivity index (χ1v) is 9.14. The molecule has 1 fully saturated rings. The Kier molecular flexibility index (Phi) is 6.26. The fourth-order valence-electron chi connectivity index (χ4n) is 3.21. The summed E-state index contributed by atoms with van der Waals surface area (Å²) in [6.07, 6.45) is 0.309. The molecule has 3 N–H and O–H groups in total. The van der Waals surface area contributed by atoms with E-state index < -0.39 is 0 Å². The van der Waals surface area contributed by atoms with Gasteiger partial charge in [-0.25, -0.2) is 4.99 Å². The van der Waals surface area contributed by atoms with Gasteiger partial charge in [0.1, 0.15) is 0 Å². The van der Waals surface area contributed by atoms with Crippen LogP contribution in [0.25, 0.3) is 0 Å². The first-order chi connectivity index (χ1) is 12.6. The molecule has 26 heavy (non-hydrogen) atoms. The largest absolute Gasteiger partial charge is 0.376 e. The third-order valence-electron chi connectivity index (χ3n) is 4.45. The van der Waals surface area contributed by atoms with Crippen molar-refractivity contribution in [2.24, 2.45) is 10.7 Å². The first-order valence-electron chi connectivity index (χ1n) is 9.14. The number of nitrogens with zero attached hydrogens (tertiary/aromatic N) is 2. The highest BCUT2D eigenvalue weighted by Crippen LogP contribution is 2.13. The Balaban J connectivity index is 1.57. The molecule has 1 aliphatic rings. The van der Waals surface area contributed by atoms with Crippen molar-refractivity contribution < 1.29 is 4.74 Å². The van der Waals surface area contributed by atoms with Gasteiger partial charge in [0.2, 0.25) is 0 Å². The Bertz CT molecular complexity index is 759. The predicted octanol–water partition coefficient (Wildman–Crippen LogP) is 3.14. The zero-order chi connectivity index (χ0) is 18.4. The molecule has 0 bridgehead atoms. The Morgan fingerprint density at radius 2 is 2.04 bits per heavy atom. The van der Waals surface area contributed by atoms with Crippen LogP contribution in [0.4, 0.5) is 5.69 Å². The van der Waals surface area contributed by atoms with Gasteiger partial charge >= 0.3 is 0 Å². The third kappa shape index (κ3) is 5.58. The number of nitrogens with two attached hydrogens (primary N) is 1. The van der Waals surface area contributed by atoms with E-state index in [4.69, 9.17) is 10.5 Å². The number of ether oxygens (including phenoxy) is 1. The van der Waals surface area contributed by atoms with E-state index in [1.165, 1.54) is 11.1 Å². The van der Waals surface area contributed by atoms with Crippen LogP contribution in [0.1, 0.15) is 23.6 Å². The lowest BCUT2D eigenvalue weighted by Gasteiger charge is -2.31. The molecule has 5 heteroatoms. The average molecular weight is 352 g/mol. The molecule has 0 saturated carbocycles. The van der Waals surface area contributed by atoms with Crippen LogP contribution in [0.3, 0.4) is 0 Å². The Morgan fingerprint density at radius 1 is 1.23 bits per heavy atom. The summed E-state index contributed by atoms with van der Waals surface area (Å²) in [6.45, 7) is 8.48. The Labute approximate surface area is 155 Å². The minimum absolute atomic E-state index is 0.309. The number of benzene rings is 2. The van der Waals surface area contributed by atoms with E-state index in [2.05, 4.69) is 59.4 Å². The second kappa shape index (κ2) is 8.83. The van der Waals surface area contributed by atoms with Crippen LogP contribution >= 0.6 is 0 Å². The van der Waals surface area contributed by atoms with Crippen molar-refractivity contribution in [3.63, 3.8) is 0 Å². The number of aryl methyl sites for hydroxylation is 1. The minimum atomic E-state index is 0.309. The van der Waals surface area contributed by atoms with Gasteiger partial charge in [0.25, 0.3) is 0 Å². The molecule has 5 nitrogen and oxygen atoms in total. The summed E-state index contributed by atoms with van der Waals surface area (Å²) < 4.78 is 5.61. The monoisotopic (exact) mass is 352 g/mol. The SMILES string of the molecule is Cc1cccc(NC(N)=NCc2cccc(CN3CCOC(C)C3)c2)c1. The third-order valence-corrected chi connectivity index (χ3v) is 4.45. The van der Waals surface area contributed by atoms with Crippen molar-refractivity contribution in [3.8, 4) is 0 Å². The van der Waals surface area contributed by atoms with Crippen LogP contribution in [0.5, 0.6) is 0 Å². The van der Waals surface area contributed by atoms with Gasteiger partial charge in [0, 0.05) is 25.3 Å². The van der Waals surface area contributed by atoms with E-state index in [-0.39, 0.29) is 0 Å². The van der Waals surface area contributed by atoms with Crippen LogP contribution in [0.15, 0.2) is 53.5 Å². The van der Waals surface area contributed by atoms with Crippen LogP contribution < -0.4 is 11.1 Å². The highest BCUT2D eigenvalue weighted by molar-refractivity contribution is 5.92. The minimum Gasteiger partial charge on any atom is -0.376 e. The number of morpholine rings is 1. The molecule has 138 valence electrons. The molecule has 1 saturated heterocycles. The Morgan fingerprint density at radius 3 is 2.85 bits per heavy atom. The Hall–Kier alpha value is -2.37. The summed E-state index contributed by atoms with van der Waals surface area (Å²) in [5.41, 5.74) is 10.6. The number of anilines is 1. The molecule has 2 aromatic rings.